The molecule has 24 heavy (non-hydrogen) atoms. The van der Waals surface area contributed by atoms with E-state index in [0.717, 1.165) is 10.7 Å². The Kier molecular flexibility index (Phi) is 6.03. The molecule has 1 fully saturated rings. The maximum atomic E-state index is 12.2. The third-order valence-electron chi connectivity index (χ3n) is 3.56. The first-order valence-electron chi connectivity index (χ1n) is 7.56. The maximum Gasteiger partial charge on any atom is 0.405 e. The molecule has 0 saturated carbocycles. The number of aromatic nitrogens is 1. The van der Waals surface area contributed by atoms with Crippen LogP contribution in [0, 0.1) is 6.92 Å². The molecule has 1 saturated heterocycles. The quantitative estimate of drug-likeness (QED) is 0.837. The van der Waals surface area contributed by atoms with Crippen LogP contribution in [-0.4, -0.2) is 53.7 Å². The smallest absolute Gasteiger partial charge is 0.345 e. The van der Waals surface area contributed by atoms with Gasteiger partial charge in [0.1, 0.15) is 12.6 Å². The van der Waals surface area contributed by atoms with Gasteiger partial charge >= 0.3 is 12.2 Å². The highest BCUT2D eigenvalue weighted by Gasteiger charge is 2.36. The fourth-order valence-corrected chi connectivity index (χ4v) is 3.26. The number of halogens is 3. The van der Waals surface area contributed by atoms with Crippen LogP contribution in [0.15, 0.2) is 5.38 Å². The van der Waals surface area contributed by atoms with Crippen LogP contribution >= 0.6 is 11.3 Å². The first-order valence-corrected chi connectivity index (χ1v) is 8.44. The largest absolute Gasteiger partial charge is 0.405 e. The van der Waals surface area contributed by atoms with Crippen molar-refractivity contribution in [2.24, 2.45) is 0 Å². The normalized spacial score (nSPS) is 17.8. The van der Waals surface area contributed by atoms with Gasteiger partial charge in [-0.25, -0.2) is 9.78 Å². The molecule has 0 aliphatic carbocycles. The summed E-state index contributed by atoms with van der Waals surface area (Å²) in [5.41, 5.74) is 0.919. The van der Waals surface area contributed by atoms with E-state index in [4.69, 9.17) is 0 Å². The topological polar surface area (TPSA) is 74.3 Å². The van der Waals surface area contributed by atoms with E-state index in [1.54, 1.807) is 0 Å². The van der Waals surface area contributed by atoms with Crippen molar-refractivity contribution >= 4 is 23.3 Å². The van der Waals surface area contributed by atoms with E-state index in [0.29, 0.717) is 32.4 Å². The number of hydrogen-bond donors (Lipinski definition) is 2. The number of alkyl halides is 3. The maximum absolute atomic E-state index is 12.2. The van der Waals surface area contributed by atoms with Gasteiger partial charge in [-0.05, 0) is 19.8 Å². The van der Waals surface area contributed by atoms with E-state index in [1.807, 2.05) is 17.6 Å². The Hall–Kier alpha value is -1.84. The lowest BCUT2D eigenvalue weighted by Gasteiger charge is -2.24. The molecule has 0 spiro atoms. The molecule has 6 nitrogen and oxygen atoms in total. The summed E-state index contributed by atoms with van der Waals surface area (Å²) in [4.78, 5) is 29.6. The van der Waals surface area contributed by atoms with E-state index in [-0.39, 0.29) is 0 Å². The molecule has 1 aliphatic rings. The van der Waals surface area contributed by atoms with E-state index >= 15 is 0 Å². The summed E-state index contributed by atoms with van der Waals surface area (Å²) >= 11 is 1.50. The average molecular weight is 364 g/mol. The molecule has 0 aromatic carbocycles. The van der Waals surface area contributed by atoms with Crippen LogP contribution in [0.3, 0.4) is 0 Å². The molecule has 0 bridgehead atoms. The minimum Gasteiger partial charge on any atom is -0.345 e. The first-order chi connectivity index (χ1) is 11.3. The van der Waals surface area contributed by atoms with Crippen LogP contribution in [0.2, 0.25) is 0 Å². The third-order valence-corrected chi connectivity index (χ3v) is 4.59. The fraction of sp³-hybridized carbons (Fsp3) is 0.643. The number of urea groups is 1. The number of amides is 3. The molecule has 1 atom stereocenters. The van der Waals surface area contributed by atoms with Gasteiger partial charge in [0.05, 0.1) is 5.01 Å². The summed E-state index contributed by atoms with van der Waals surface area (Å²) in [6.45, 7) is 1.21. The number of nitrogens with zero attached hydrogens (tertiary/aromatic N) is 2. The summed E-state index contributed by atoms with van der Waals surface area (Å²) < 4.78 is 36.5. The highest BCUT2D eigenvalue weighted by molar-refractivity contribution is 7.09. The van der Waals surface area contributed by atoms with E-state index < -0.39 is 30.7 Å². The summed E-state index contributed by atoms with van der Waals surface area (Å²) in [5.74, 6) is -0.768. The zero-order chi connectivity index (χ0) is 17.7. The van der Waals surface area contributed by atoms with Crippen LogP contribution in [0.1, 0.15) is 23.5 Å². The third kappa shape index (κ3) is 5.36. The lowest BCUT2D eigenvalue weighted by molar-refractivity contribution is -0.140. The molecular weight excluding hydrogens is 345 g/mol. The van der Waals surface area contributed by atoms with Gasteiger partial charge < -0.3 is 15.5 Å². The van der Waals surface area contributed by atoms with Crippen LogP contribution in [0.25, 0.3) is 0 Å². The van der Waals surface area contributed by atoms with Crippen molar-refractivity contribution < 1.29 is 22.8 Å². The van der Waals surface area contributed by atoms with Gasteiger partial charge in [0.15, 0.2) is 0 Å². The summed E-state index contributed by atoms with van der Waals surface area (Å²) in [7, 11) is 0. The number of nitrogens with one attached hydrogen (secondary N) is 2. The molecule has 1 aromatic rings. The zero-order valence-electron chi connectivity index (χ0n) is 13.2. The number of carbonyl (C=O) groups is 2. The van der Waals surface area contributed by atoms with Gasteiger partial charge in [0.2, 0.25) is 5.91 Å². The van der Waals surface area contributed by atoms with Crippen LogP contribution in [0.4, 0.5) is 18.0 Å². The van der Waals surface area contributed by atoms with Crippen molar-refractivity contribution in [2.75, 3.05) is 19.6 Å². The van der Waals surface area contributed by atoms with Crippen LogP contribution in [-0.2, 0) is 11.2 Å². The molecule has 2 N–H and O–H groups in total. The summed E-state index contributed by atoms with van der Waals surface area (Å²) in [6.07, 6.45) is -2.94. The zero-order valence-corrected chi connectivity index (χ0v) is 14.0. The minimum atomic E-state index is -4.47. The van der Waals surface area contributed by atoms with Gasteiger partial charge in [-0.2, -0.15) is 13.2 Å². The van der Waals surface area contributed by atoms with E-state index in [1.165, 1.54) is 16.2 Å². The number of aryl methyl sites for hydroxylation is 1. The Labute approximate surface area is 141 Å². The number of hydrogen-bond acceptors (Lipinski definition) is 4. The molecule has 1 unspecified atom stereocenters. The Morgan fingerprint density at radius 2 is 2.17 bits per heavy atom. The molecule has 3 amide bonds. The standard InChI is InChI=1S/C14H19F3N4O2S/c1-9-7-24-11(20-9)4-5-18-13(23)21-6-2-3-10(21)12(22)19-8-14(15,16)17/h7,10H,2-6,8H2,1H3,(H,18,23)(H,19,22). The van der Waals surface area contributed by atoms with Crippen molar-refractivity contribution in [3.05, 3.63) is 16.1 Å². The second kappa shape index (κ2) is 7.82. The lowest BCUT2D eigenvalue weighted by Crippen LogP contribution is -2.51. The second-order valence-corrected chi connectivity index (χ2v) is 6.49. The van der Waals surface area contributed by atoms with Crippen molar-refractivity contribution in [1.82, 2.24) is 20.5 Å². The van der Waals surface area contributed by atoms with Gasteiger partial charge in [0, 0.05) is 30.6 Å². The highest BCUT2D eigenvalue weighted by Crippen LogP contribution is 2.18. The molecule has 2 heterocycles. The van der Waals surface area contributed by atoms with E-state index in [2.05, 4.69) is 10.3 Å². The van der Waals surface area contributed by atoms with E-state index in [9.17, 15) is 22.8 Å². The van der Waals surface area contributed by atoms with Crippen LogP contribution < -0.4 is 10.6 Å². The van der Waals surface area contributed by atoms with Crippen molar-refractivity contribution in [2.45, 2.75) is 38.4 Å². The number of thiazole rings is 1. The molecule has 2 rings (SSSR count). The second-order valence-electron chi connectivity index (χ2n) is 5.55. The van der Waals surface area contributed by atoms with Crippen molar-refractivity contribution in [3.63, 3.8) is 0 Å². The first kappa shape index (κ1) is 18.5. The summed E-state index contributed by atoms with van der Waals surface area (Å²) in [5, 5.41) is 7.34. The predicted molar refractivity (Wildman–Crippen MR) is 82.7 cm³/mol. The molecule has 134 valence electrons. The van der Waals surface area contributed by atoms with Gasteiger partial charge in [-0.3, -0.25) is 4.79 Å². The van der Waals surface area contributed by atoms with Crippen molar-refractivity contribution in [3.8, 4) is 0 Å². The number of likely N-dealkylation sites (tertiary alicyclic amines) is 1. The molecule has 1 aliphatic heterocycles. The molecule has 10 heteroatoms. The molecule has 1 aromatic heterocycles. The van der Waals surface area contributed by atoms with Gasteiger partial charge in [-0.1, -0.05) is 0 Å². The van der Waals surface area contributed by atoms with Gasteiger partial charge in [0.25, 0.3) is 0 Å². The summed E-state index contributed by atoms with van der Waals surface area (Å²) in [6, 6.07) is -1.29. The molecule has 0 radical (unpaired) electrons. The Morgan fingerprint density at radius 1 is 1.42 bits per heavy atom. The SMILES string of the molecule is Cc1csc(CCNC(=O)N2CCCC2C(=O)NCC(F)(F)F)n1. The molecular formula is C14H19F3N4O2S. The minimum absolute atomic E-state index is 0.353. The average Bonchev–Trinajstić information content (AvgIpc) is 3.13. The van der Waals surface area contributed by atoms with Gasteiger partial charge in [-0.15, -0.1) is 11.3 Å². The Bertz CT molecular complexity index is 591. The Morgan fingerprint density at radius 3 is 2.79 bits per heavy atom. The monoisotopic (exact) mass is 364 g/mol. The Balaban J connectivity index is 1.80. The number of rotatable bonds is 5. The fourth-order valence-electron chi connectivity index (χ4n) is 2.48. The lowest BCUT2D eigenvalue weighted by atomic mass is 10.2. The number of carbonyl (C=O) groups excluding carboxylic acids is 2. The predicted octanol–water partition coefficient (Wildman–Crippen LogP) is 1.85. The van der Waals surface area contributed by atoms with Crippen molar-refractivity contribution in [1.29, 1.82) is 0 Å². The highest BCUT2D eigenvalue weighted by atomic mass is 32.1. The van der Waals surface area contributed by atoms with Crippen LogP contribution in [0.5, 0.6) is 0 Å².